The monoisotopic (exact) mass is 206 g/mol. The summed E-state index contributed by atoms with van der Waals surface area (Å²) < 4.78 is 0. The van der Waals surface area contributed by atoms with Gasteiger partial charge in [0.15, 0.2) is 0 Å². The Balaban J connectivity index is 2.95. The molecule has 0 saturated heterocycles. The summed E-state index contributed by atoms with van der Waals surface area (Å²) in [5.41, 5.74) is 0. The summed E-state index contributed by atoms with van der Waals surface area (Å²) in [6.07, 6.45) is 6.93. The van der Waals surface area contributed by atoms with Crippen LogP contribution in [0.2, 0.25) is 0 Å². The van der Waals surface area contributed by atoms with Gasteiger partial charge in [0, 0.05) is 0 Å². The fourth-order valence-corrected chi connectivity index (χ4v) is 1.16. The van der Waals surface area contributed by atoms with E-state index in [1.807, 2.05) is 0 Å². The van der Waals surface area contributed by atoms with E-state index in [2.05, 4.69) is 22.9 Å². The molecule has 0 amide bonds. The normalized spacial score (nSPS) is 13.0. The van der Waals surface area contributed by atoms with E-state index in [4.69, 9.17) is 0 Å². The van der Waals surface area contributed by atoms with Crippen LogP contribution in [0.5, 0.6) is 0 Å². The van der Waals surface area contributed by atoms with Crippen molar-refractivity contribution in [3.8, 4) is 0 Å². The van der Waals surface area contributed by atoms with E-state index in [9.17, 15) is 4.79 Å². The molecule has 1 nitrogen and oxygen atoms in total. The lowest BCUT2D eigenvalue weighted by Gasteiger charge is -1.99. The van der Waals surface area contributed by atoms with Gasteiger partial charge in [-0.15, -0.1) is 0 Å². The van der Waals surface area contributed by atoms with E-state index in [0.29, 0.717) is 0 Å². The number of unbranched alkanes of at least 4 members (excludes halogenated alkanes) is 3. The van der Waals surface area contributed by atoms with Gasteiger partial charge in [-0.3, -0.25) is 0 Å². The minimum Gasteiger partial charge on any atom is -0.302 e. The molecule has 0 aliphatic carbocycles. The Bertz CT molecular complexity index is 83.3. The second kappa shape index (κ2) is 7.26. The number of halogens is 1. The van der Waals surface area contributed by atoms with Crippen LogP contribution in [0.4, 0.5) is 0 Å². The summed E-state index contributed by atoms with van der Waals surface area (Å²) in [7, 11) is 0. The number of aldehydes is 1. The summed E-state index contributed by atoms with van der Waals surface area (Å²) in [6.45, 7) is 2.19. The molecule has 2 heteroatoms. The quantitative estimate of drug-likeness (QED) is 0.371. The molecule has 1 atom stereocenters. The Morgan fingerprint density at radius 2 is 2.10 bits per heavy atom. The lowest BCUT2D eigenvalue weighted by atomic mass is 10.1. The van der Waals surface area contributed by atoms with Crippen molar-refractivity contribution in [2.24, 2.45) is 0 Å². The highest BCUT2D eigenvalue weighted by Gasteiger charge is 1.99. The maximum Gasteiger partial charge on any atom is 0.133 e. The second-order valence-electron chi connectivity index (χ2n) is 2.50. The maximum absolute atomic E-state index is 10.1. The highest BCUT2D eigenvalue weighted by Crippen LogP contribution is 2.09. The Hall–Kier alpha value is 0.150. The SMILES string of the molecule is CCCCCC[C@@H](Br)C=O. The van der Waals surface area contributed by atoms with Gasteiger partial charge < -0.3 is 4.79 Å². The average Bonchev–Trinajstić information content (AvgIpc) is 1.98. The van der Waals surface area contributed by atoms with Crippen LogP contribution in [0.1, 0.15) is 39.0 Å². The van der Waals surface area contributed by atoms with Gasteiger partial charge in [-0.05, 0) is 6.42 Å². The first-order valence-corrected chi connectivity index (χ1v) is 4.82. The molecule has 0 heterocycles. The van der Waals surface area contributed by atoms with Crippen molar-refractivity contribution in [2.75, 3.05) is 0 Å². The molecule has 0 aromatic heterocycles. The summed E-state index contributed by atoms with van der Waals surface area (Å²) in [4.78, 5) is 10.2. The molecule has 0 rings (SSSR count). The van der Waals surface area contributed by atoms with Crippen molar-refractivity contribution in [1.82, 2.24) is 0 Å². The number of carbonyl (C=O) groups is 1. The van der Waals surface area contributed by atoms with E-state index in [1.165, 1.54) is 25.7 Å². The third kappa shape index (κ3) is 6.27. The molecule has 0 unspecified atom stereocenters. The third-order valence-corrected chi connectivity index (χ3v) is 2.15. The van der Waals surface area contributed by atoms with Crippen LogP contribution >= 0.6 is 15.9 Å². The molecule has 10 heavy (non-hydrogen) atoms. The molecule has 0 aliphatic heterocycles. The van der Waals surface area contributed by atoms with Gasteiger partial charge in [-0.25, -0.2) is 0 Å². The number of hydrogen-bond donors (Lipinski definition) is 0. The summed E-state index contributed by atoms with van der Waals surface area (Å²) in [5, 5.41) is 0. The summed E-state index contributed by atoms with van der Waals surface area (Å²) >= 11 is 3.26. The number of carbonyl (C=O) groups excluding carboxylic acids is 1. The van der Waals surface area contributed by atoms with Gasteiger partial charge >= 0.3 is 0 Å². The van der Waals surface area contributed by atoms with Crippen molar-refractivity contribution in [3.63, 3.8) is 0 Å². The van der Waals surface area contributed by atoms with Gasteiger partial charge in [0.1, 0.15) is 6.29 Å². The van der Waals surface area contributed by atoms with Crippen LogP contribution in [0.3, 0.4) is 0 Å². The number of hydrogen-bond acceptors (Lipinski definition) is 1. The van der Waals surface area contributed by atoms with E-state index < -0.39 is 0 Å². The largest absolute Gasteiger partial charge is 0.302 e. The molecule has 0 aromatic carbocycles. The number of rotatable bonds is 6. The highest BCUT2D eigenvalue weighted by atomic mass is 79.9. The van der Waals surface area contributed by atoms with Crippen LogP contribution in [-0.2, 0) is 4.79 Å². The first kappa shape index (κ1) is 10.2. The fourth-order valence-electron chi connectivity index (χ4n) is 0.834. The van der Waals surface area contributed by atoms with Gasteiger partial charge in [-0.2, -0.15) is 0 Å². The van der Waals surface area contributed by atoms with E-state index in [-0.39, 0.29) is 4.83 Å². The average molecular weight is 207 g/mol. The summed E-state index contributed by atoms with van der Waals surface area (Å²) in [5.74, 6) is 0. The molecule has 0 radical (unpaired) electrons. The molecule has 60 valence electrons. The Morgan fingerprint density at radius 1 is 1.40 bits per heavy atom. The minimum atomic E-state index is 0.0874. The molecule has 0 N–H and O–H groups in total. The topological polar surface area (TPSA) is 17.1 Å². The van der Waals surface area contributed by atoms with Crippen molar-refractivity contribution in [3.05, 3.63) is 0 Å². The Kier molecular flexibility index (Phi) is 7.37. The standard InChI is InChI=1S/C8H15BrO/c1-2-3-4-5-6-8(9)7-10/h7-8H,2-6H2,1H3/t8-/m1/s1. The zero-order valence-electron chi connectivity index (χ0n) is 6.48. The first-order chi connectivity index (χ1) is 4.81. The van der Waals surface area contributed by atoms with E-state index in [1.54, 1.807) is 0 Å². The van der Waals surface area contributed by atoms with Crippen molar-refractivity contribution in [1.29, 1.82) is 0 Å². The zero-order chi connectivity index (χ0) is 7.82. The molecule has 0 fully saturated rings. The Morgan fingerprint density at radius 3 is 2.60 bits per heavy atom. The maximum atomic E-state index is 10.1. The molecular weight excluding hydrogens is 192 g/mol. The molecular formula is C8H15BrO. The van der Waals surface area contributed by atoms with Gasteiger partial charge in [0.05, 0.1) is 4.83 Å². The lowest BCUT2D eigenvalue weighted by molar-refractivity contribution is -0.107. The molecule has 0 spiro atoms. The van der Waals surface area contributed by atoms with Gasteiger partial charge in [-0.1, -0.05) is 48.5 Å². The number of alkyl halides is 1. The zero-order valence-corrected chi connectivity index (χ0v) is 8.06. The van der Waals surface area contributed by atoms with Crippen LogP contribution in [0.25, 0.3) is 0 Å². The van der Waals surface area contributed by atoms with E-state index in [0.717, 1.165) is 12.7 Å². The van der Waals surface area contributed by atoms with Gasteiger partial charge in [0.25, 0.3) is 0 Å². The van der Waals surface area contributed by atoms with Gasteiger partial charge in [0.2, 0.25) is 0 Å². The predicted molar refractivity (Wildman–Crippen MR) is 47.5 cm³/mol. The molecule has 0 bridgehead atoms. The lowest BCUT2D eigenvalue weighted by Crippen LogP contribution is -1.97. The minimum absolute atomic E-state index is 0.0874. The first-order valence-electron chi connectivity index (χ1n) is 3.90. The van der Waals surface area contributed by atoms with E-state index >= 15 is 0 Å². The third-order valence-electron chi connectivity index (χ3n) is 1.48. The smallest absolute Gasteiger partial charge is 0.133 e. The van der Waals surface area contributed by atoms with Crippen LogP contribution < -0.4 is 0 Å². The Labute approximate surface area is 71.3 Å². The van der Waals surface area contributed by atoms with Crippen LogP contribution in [-0.4, -0.2) is 11.1 Å². The molecule has 0 aliphatic rings. The van der Waals surface area contributed by atoms with Crippen LogP contribution in [0, 0.1) is 0 Å². The molecule has 0 saturated carbocycles. The predicted octanol–water partition coefficient (Wildman–Crippen LogP) is 2.92. The second-order valence-corrected chi connectivity index (χ2v) is 3.68. The van der Waals surface area contributed by atoms with Crippen molar-refractivity contribution in [2.45, 2.75) is 43.9 Å². The summed E-state index contributed by atoms with van der Waals surface area (Å²) in [6, 6.07) is 0. The van der Waals surface area contributed by atoms with Crippen LogP contribution in [0.15, 0.2) is 0 Å². The highest BCUT2D eigenvalue weighted by molar-refractivity contribution is 9.09. The molecule has 0 aromatic rings. The van der Waals surface area contributed by atoms with Crippen molar-refractivity contribution < 1.29 is 4.79 Å². The fraction of sp³-hybridized carbons (Fsp3) is 0.875. The van der Waals surface area contributed by atoms with Crippen molar-refractivity contribution >= 4 is 22.2 Å².